The van der Waals surface area contributed by atoms with Gasteiger partial charge in [0, 0.05) is 11.7 Å². The lowest BCUT2D eigenvalue weighted by molar-refractivity contribution is -0.140. The van der Waals surface area contributed by atoms with Crippen LogP contribution < -0.4 is 10.6 Å². The number of carboxylic acids is 1. The molecule has 0 aliphatic heterocycles. The molecule has 1 aromatic carbocycles. The maximum atomic E-state index is 12.3. The lowest BCUT2D eigenvalue weighted by atomic mass is 10.1. The molecule has 6 nitrogen and oxygen atoms in total. The van der Waals surface area contributed by atoms with Crippen molar-refractivity contribution in [3.8, 4) is 0 Å². The highest BCUT2D eigenvalue weighted by Crippen LogP contribution is 2.58. The normalized spacial score (nSPS) is 24.1. The van der Waals surface area contributed by atoms with E-state index in [0.717, 1.165) is 18.4 Å². The van der Waals surface area contributed by atoms with Gasteiger partial charge in [0.05, 0.1) is 18.3 Å². The summed E-state index contributed by atoms with van der Waals surface area (Å²) in [5.74, 6) is -2.42. The van der Waals surface area contributed by atoms with Gasteiger partial charge in [-0.15, -0.1) is 0 Å². The zero-order chi connectivity index (χ0) is 17.5. The maximum Gasteiger partial charge on any atom is 0.307 e. The highest BCUT2D eigenvalue weighted by atomic mass is 16.4. The van der Waals surface area contributed by atoms with Crippen molar-refractivity contribution < 1.29 is 19.5 Å². The lowest BCUT2D eigenvalue weighted by Crippen LogP contribution is -2.27. The fraction of sp³-hybridized carbons (Fsp3) is 0.500. The van der Waals surface area contributed by atoms with E-state index in [1.807, 2.05) is 6.07 Å². The van der Waals surface area contributed by atoms with Gasteiger partial charge in [0.1, 0.15) is 0 Å². The van der Waals surface area contributed by atoms with Crippen molar-refractivity contribution in [3.05, 3.63) is 29.8 Å². The van der Waals surface area contributed by atoms with Crippen LogP contribution in [0, 0.1) is 17.3 Å². The molecule has 2 fully saturated rings. The van der Waals surface area contributed by atoms with Crippen LogP contribution in [0.3, 0.4) is 0 Å². The van der Waals surface area contributed by atoms with Crippen molar-refractivity contribution >= 4 is 23.5 Å². The van der Waals surface area contributed by atoms with E-state index < -0.39 is 23.2 Å². The van der Waals surface area contributed by atoms with Crippen molar-refractivity contribution in [1.82, 2.24) is 5.32 Å². The molecule has 128 valence electrons. The van der Waals surface area contributed by atoms with Gasteiger partial charge in [-0.1, -0.05) is 26.0 Å². The molecule has 2 saturated carbocycles. The average molecular weight is 330 g/mol. The molecule has 0 radical (unpaired) electrons. The number of hydrogen-bond acceptors (Lipinski definition) is 3. The zero-order valence-electron chi connectivity index (χ0n) is 13.8. The number of aliphatic carboxylic acids is 1. The van der Waals surface area contributed by atoms with E-state index in [0.29, 0.717) is 11.7 Å². The number of anilines is 1. The largest absolute Gasteiger partial charge is 0.481 e. The standard InChI is InChI=1S/C18H22N2O4/c1-18(2)14(15(18)17(23)24)16(22)20-12-5-3-4-10(8-12)9-13(21)19-11-6-7-11/h3-5,8,11,14-15H,6-7,9H2,1-2H3,(H,19,21)(H,20,22)(H,23,24)/t14-,15-/m0/s1. The molecule has 0 heterocycles. The van der Waals surface area contributed by atoms with Gasteiger partial charge in [-0.05, 0) is 36.0 Å². The summed E-state index contributed by atoms with van der Waals surface area (Å²) in [4.78, 5) is 35.4. The molecule has 3 rings (SSSR count). The molecular weight excluding hydrogens is 308 g/mol. The van der Waals surface area contributed by atoms with E-state index >= 15 is 0 Å². The Balaban J connectivity index is 1.61. The first-order valence-electron chi connectivity index (χ1n) is 8.21. The minimum absolute atomic E-state index is 0.0183. The Morgan fingerprint density at radius 3 is 2.50 bits per heavy atom. The highest BCUT2D eigenvalue weighted by molar-refractivity contribution is 5.99. The number of nitrogens with one attached hydrogen (secondary N) is 2. The molecular formula is C18H22N2O4. The minimum atomic E-state index is -0.939. The Kier molecular flexibility index (Phi) is 4.07. The summed E-state index contributed by atoms with van der Waals surface area (Å²) in [6.45, 7) is 3.57. The molecule has 0 aromatic heterocycles. The zero-order valence-corrected chi connectivity index (χ0v) is 13.8. The van der Waals surface area contributed by atoms with Gasteiger partial charge in [0.15, 0.2) is 0 Å². The van der Waals surface area contributed by atoms with Gasteiger partial charge in [-0.2, -0.15) is 0 Å². The number of rotatable bonds is 6. The minimum Gasteiger partial charge on any atom is -0.481 e. The summed E-state index contributed by atoms with van der Waals surface area (Å²) >= 11 is 0. The van der Waals surface area contributed by atoms with E-state index in [1.54, 1.807) is 32.0 Å². The van der Waals surface area contributed by atoms with Gasteiger partial charge < -0.3 is 15.7 Å². The van der Waals surface area contributed by atoms with Crippen molar-refractivity contribution in [1.29, 1.82) is 0 Å². The van der Waals surface area contributed by atoms with Crippen LogP contribution in [0.2, 0.25) is 0 Å². The van der Waals surface area contributed by atoms with Crippen LogP contribution in [0.15, 0.2) is 24.3 Å². The molecule has 0 unspecified atom stereocenters. The third-order valence-electron chi connectivity index (χ3n) is 4.88. The number of carbonyl (C=O) groups excluding carboxylic acids is 2. The molecule has 24 heavy (non-hydrogen) atoms. The molecule has 2 amide bonds. The second-order valence-corrected chi connectivity index (χ2v) is 7.32. The first-order valence-corrected chi connectivity index (χ1v) is 8.21. The van der Waals surface area contributed by atoms with Crippen LogP contribution in [0.25, 0.3) is 0 Å². The Labute approximate surface area is 140 Å². The summed E-state index contributed by atoms with van der Waals surface area (Å²) in [6, 6.07) is 7.44. The fourth-order valence-corrected chi connectivity index (χ4v) is 3.26. The lowest BCUT2D eigenvalue weighted by Gasteiger charge is -2.08. The smallest absolute Gasteiger partial charge is 0.307 e. The Morgan fingerprint density at radius 1 is 1.21 bits per heavy atom. The van der Waals surface area contributed by atoms with Crippen LogP contribution in [0.4, 0.5) is 5.69 Å². The Morgan fingerprint density at radius 2 is 1.92 bits per heavy atom. The van der Waals surface area contributed by atoms with Crippen LogP contribution >= 0.6 is 0 Å². The fourth-order valence-electron chi connectivity index (χ4n) is 3.26. The highest BCUT2D eigenvalue weighted by Gasteiger charge is 2.65. The van der Waals surface area contributed by atoms with E-state index in [-0.39, 0.29) is 18.2 Å². The topological polar surface area (TPSA) is 95.5 Å². The molecule has 0 saturated heterocycles. The molecule has 1 aromatic rings. The van der Waals surface area contributed by atoms with Crippen LogP contribution in [0.5, 0.6) is 0 Å². The third-order valence-corrected chi connectivity index (χ3v) is 4.88. The average Bonchev–Trinajstić information content (AvgIpc) is 3.36. The second kappa shape index (κ2) is 5.92. The molecule has 6 heteroatoms. The molecule has 3 N–H and O–H groups in total. The summed E-state index contributed by atoms with van der Waals surface area (Å²) in [7, 11) is 0. The second-order valence-electron chi connectivity index (χ2n) is 7.32. The molecule has 0 bridgehead atoms. The number of benzene rings is 1. The predicted molar refractivity (Wildman–Crippen MR) is 88.3 cm³/mol. The predicted octanol–water partition coefficient (Wildman–Crippen LogP) is 1.80. The van der Waals surface area contributed by atoms with E-state index in [2.05, 4.69) is 10.6 Å². The summed E-state index contributed by atoms with van der Waals surface area (Å²) in [5, 5.41) is 14.9. The van der Waals surface area contributed by atoms with Crippen molar-refractivity contribution in [2.45, 2.75) is 39.2 Å². The molecule has 0 spiro atoms. The third kappa shape index (κ3) is 3.42. The quantitative estimate of drug-likeness (QED) is 0.741. The van der Waals surface area contributed by atoms with E-state index in [1.165, 1.54) is 0 Å². The molecule has 2 aliphatic rings. The number of carboxylic acid groups (broad SMARTS) is 1. The van der Waals surface area contributed by atoms with Crippen LogP contribution in [0.1, 0.15) is 32.3 Å². The summed E-state index contributed by atoms with van der Waals surface area (Å²) in [5.41, 5.74) is 0.872. The van der Waals surface area contributed by atoms with Gasteiger partial charge in [0.2, 0.25) is 11.8 Å². The molecule has 2 atom stereocenters. The summed E-state index contributed by atoms with van der Waals surface area (Å²) in [6.07, 6.45) is 2.36. The van der Waals surface area contributed by atoms with E-state index in [4.69, 9.17) is 0 Å². The van der Waals surface area contributed by atoms with Crippen molar-refractivity contribution in [3.63, 3.8) is 0 Å². The Bertz CT molecular complexity index is 694. The SMILES string of the molecule is CC1(C)[C@H](C(=O)O)[C@H]1C(=O)Nc1cccc(CC(=O)NC2CC2)c1. The summed E-state index contributed by atoms with van der Waals surface area (Å²) < 4.78 is 0. The van der Waals surface area contributed by atoms with Crippen LogP contribution in [-0.4, -0.2) is 28.9 Å². The van der Waals surface area contributed by atoms with Gasteiger partial charge >= 0.3 is 5.97 Å². The van der Waals surface area contributed by atoms with Gasteiger partial charge in [0.25, 0.3) is 0 Å². The first-order chi connectivity index (χ1) is 11.3. The van der Waals surface area contributed by atoms with Gasteiger partial charge in [-0.3, -0.25) is 14.4 Å². The first kappa shape index (κ1) is 16.5. The van der Waals surface area contributed by atoms with Gasteiger partial charge in [-0.25, -0.2) is 0 Å². The number of amides is 2. The molecule has 2 aliphatic carbocycles. The number of carbonyl (C=O) groups is 3. The van der Waals surface area contributed by atoms with Crippen LogP contribution in [-0.2, 0) is 20.8 Å². The van der Waals surface area contributed by atoms with E-state index in [9.17, 15) is 19.5 Å². The van der Waals surface area contributed by atoms with Crippen molar-refractivity contribution in [2.24, 2.45) is 17.3 Å². The Hall–Kier alpha value is -2.37. The maximum absolute atomic E-state index is 12.3. The number of hydrogen-bond donors (Lipinski definition) is 3. The monoisotopic (exact) mass is 330 g/mol. The van der Waals surface area contributed by atoms with Crippen molar-refractivity contribution in [2.75, 3.05) is 5.32 Å².